The largest absolute Gasteiger partial charge is 0.417 e. The summed E-state index contributed by atoms with van der Waals surface area (Å²) in [6, 6.07) is 8.26. The molecule has 4 rings (SSSR count). The Hall–Kier alpha value is -3.34. The lowest BCUT2D eigenvalue weighted by Crippen LogP contribution is -2.12. The number of fused-ring (bicyclic) bond motifs is 1. The number of benzene rings is 1. The van der Waals surface area contributed by atoms with Crippen LogP contribution in [0.5, 0.6) is 0 Å². The first-order valence-electron chi connectivity index (χ1n) is 7.53. The highest BCUT2D eigenvalue weighted by molar-refractivity contribution is 7.14. The maximum atomic E-state index is 13.2. The smallest absolute Gasteiger partial charge is 0.298 e. The maximum absolute atomic E-state index is 13.2. The maximum Gasteiger partial charge on any atom is 0.417 e. The van der Waals surface area contributed by atoms with Gasteiger partial charge in [0, 0.05) is 17.1 Å². The number of alkyl halides is 3. The zero-order chi connectivity index (χ0) is 19.0. The molecule has 0 unspecified atom stereocenters. The topological polar surface area (TPSA) is 85.1 Å². The van der Waals surface area contributed by atoms with Crippen LogP contribution in [0.4, 0.5) is 18.3 Å². The lowest BCUT2D eigenvalue weighted by molar-refractivity contribution is -0.137. The van der Waals surface area contributed by atoms with Crippen molar-refractivity contribution in [1.29, 1.82) is 0 Å². The van der Waals surface area contributed by atoms with Gasteiger partial charge in [-0.15, -0.1) is 16.4 Å². The summed E-state index contributed by atoms with van der Waals surface area (Å²) in [6.45, 7) is 0. The Kier molecular flexibility index (Phi) is 4.07. The molecule has 1 aromatic carbocycles. The third kappa shape index (κ3) is 3.36. The van der Waals surface area contributed by atoms with Gasteiger partial charge in [-0.3, -0.25) is 10.1 Å². The summed E-state index contributed by atoms with van der Waals surface area (Å²) < 4.78 is 40.8. The van der Waals surface area contributed by atoms with Gasteiger partial charge in [-0.05, 0) is 28.6 Å². The summed E-state index contributed by atoms with van der Waals surface area (Å²) in [5.41, 5.74) is 0.0717. The van der Waals surface area contributed by atoms with Gasteiger partial charge in [0.05, 0.1) is 16.8 Å². The van der Waals surface area contributed by atoms with Crippen molar-refractivity contribution in [3.8, 4) is 11.3 Å². The van der Waals surface area contributed by atoms with Gasteiger partial charge in [-0.25, -0.2) is 4.98 Å². The monoisotopic (exact) mass is 390 g/mol. The zero-order valence-corrected chi connectivity index (χ0v) is 14.1. The molecule has 3 aromatic heterocycles. The molecule has 4 aromatic rings. The first kappa shape index (κ1) is 17.1. The van der Waals surface area contributed by atoms with E-state index in [2.05, 4.69) is 25.8 Å². The summed E-state index contributed by atoms with van der Waals surface area (Å²) in [6.07, 6.45) is -3.05. The van der Waals surface area contributed by atoms with Gasteiger partial charge < -0.3 is 0 Å². The van der Waals surface area contributed by atoms with Gasteiger partial charge in [0.1, 0.15) is 0 Å². The molecule has 0 saturated heterocycles. The van der Waals surface area contributed by atoms with Crippen LogP contribution in [0, 0.1) is 0 Å². The molecule has 27 heavy (non-hydrogen) atoms. The van der Waals surface area contributed by atoms with Crippen molar-refractivity contribution in [3.05, 3.63) is 59.1 Å². The van der Waals surface area contributed by atoms with E-state index in [0.29, 0.717) is 5.65 Å². The highest BCUT2D eigenvalue weighted by atomic mass is 32.1. The molecule has 11 heteroatoms. The van der Waals surface area contributed by atoms with Crippen LogP contribution in [0.1, 0.15) is 15.9 Å². The van der Waals surface area contributed by atoms with Crippen molar-refractivity contribution in [2.45, 2.75) is 6.18 Å². The second kappa shape index (κ2) is 6.43. The van der Waals surface area contributed by atoms with Crippen LogP contribution in [0.25, 0.3) is 16.9 Å². The minimum Gasteiger partial charge on any atom is -0.298 e. The van der Waals surface area contributed by atoms with E-state index in [1.165, 1.54) is 40.4 Å². The van der Waals surface area contributed by atoms with Gasteiger partial charge in [-0.2, -0.15) is 17.7 Å². The number of hydrogen-bond donors (Lipinski definition) is 1. The summed E-state index contributed by atoms with van der Waals surface area (Å²) in [4.78, 5) is 16.5. The van der Waals surface area contributed by atoms with E-state index >= 15 is 0 Å². The third-order valence-corrected chi connectivity index (χ3v) is 4.44. The zero-order valence-electron chi connectivity index (χ0n) is 13.3. The molecular formula is C16H9F3N6OS. The lowest BCUT2D eigenvalue weighted by atomic mass is 10.1. The Morgan fingerprint density at radius 1 is 1.15 bits per heavy atom. The molecule has 1 amide bonds. The van der Waals surface area contributed by atoms with E-state index in [0.717, 1.165) is 17.4 Å². The van der Waals surface area contributed by atoms with E-state index in [-0.39, 0.29) is 22.0 Å². The summed E-state index contributed by atoms with van der Waals surface area (Å²) >= 11 is 1.03. The number of carbonyl (C=O) groups is 1. The summed E-state index contributed by atoms with van der Waals surface area (Å²) in [7, 11) is 0. The molecule has 0 aliphatic rings. The number of rotatable bonds is 3. The Labute approximate surface area is 153 Å². The van der Waals surface area contributed by atoms with Crippen molar-refractivity contribution in [3.63, 3.8) is 0 Å². The molecule has 0 atom stereocenters. The van der Waals surface area contributed by atoms with Crippen LogP contribution in [-0.2, 0) is 6.18 Å². The van der Waals surface area contributed by atoms with Crippen LogP contribution in [0.15, 0.2) is 48.0 Å². The Morgan fingerprint density at radius 2 is 1.96 bits per heavy atom. The van der Waals surface area contributed by atoms with Gasteiger partial charge in [0.15, 0.2) is 10.8 Å². The molecule has 7 nitrogen and oxygen atoms in total. The average Bonchev–Trinajstić information content (AvgIpc) is 3.29. The van der Waals surface area contributed by atoms with Crippen LogP contribution in [0.3, 0.4) is 0 Å². The molecule has 0 aliphatic carbocycles. The molecule has 0 spiro atoms. The third-order valence-electron chi connectivity index (χ3n) is 3.69. The fourth-order valence-corrected chi connectivity index (χ4v) is 3.16. The molecule has 3 heterocycles. The van der Waals surface area contributed by atoms with Crippen LogP contribution in [0.2, 0.25) is 0 Å². The van der Waals surface area contributed by atoms with Crippen LogP contribution < -0.4 is 5.32 Å². The van der Waals surface area contributed by atoms with Crippen molar-refractivity contribution in [2.75, 3.05) is 5.32 Å². The van der Waals surface area contributed by atoms with Gasteiger partial charge in [-0.1, -0.05) is 18.2 Å². The Bertz CT molecular complexity index is 1140. The number of hydrogen-bond acceptors (Lipinski definition) is 6. The lowest BCUT2D eigenvalue weighted by Gasteiger charge is -2.10. The molecule has 0 radical (unpaired) electrons. The minimum absolute atomic E-state index is 0.0446. The Morgan fingerprint density at radius 3 is 2.78 bits per heavy atom. The van der Waals surface area contributed by atoms with Gasteiger partial charge in [0.2, 0.25) is 0 Å². The standard InChI is InChI=1S/C16H9F3N6OS/c17-16(18,19)11-4-2-1-3-10(11)12-8-27-15(20-12)21-14(26)9-5-6-13-22-23-24-25(13)7-9/h1-8H,(H,20,21,26). The Balaban J connectivity index is 1.59. The number of amides is 1. The van der Waals surface area contributed by atoms with Crippen molar-refractivity contribution < 1.29 is 18.0 Å². The summed E-state index contributed by atoms with van der Waals surface area (Å²) in [5.74, 6) is -0.475. The molecular weight excluding hydrogens is 381 g/mol. The fraction of sp³-hybridized carbons (Fsp3) is 0.0625. The predicted molar refractivity (Wildman–Crippen MR) is 91.3 cm³/mol. The van der Waals surface area contributed by atoms with Crippen molar-refractivity contribution >= 4 is 28.0 Å². The number of aromatic nitrogens is 5. The second-order valence-corrected chi connectivity index (χ2v) is 6.29. The van der Waals surface area contributed by atoms with E-state index in [4.69, 9.17) is 0 Å². The molecule has 1 N–H and O–H groups in total. The number of anilines is 1. The number of thiazole rings is 1. The first-order chi connectivity index (χ1) is 12.9. The quantitative estimate of drug-likeness (QED) is 0.579. The van der Waals surface area contributed by atoms with E-state index in [1.807, 2.05) is 0 Å². The molecule has 0 aliphatic heterocycles. The number of pyridine rings is 1. The average molecular weight is 390 g/mol. The van der Waals surface area contributed by atoms with Gasteiger partial charge >= 0.3 is 6.18 Å². The van der Waals surface area contributed by atoms with E-state index in [1.54, 1.807) is 6.07 Å². The molecule has 0 saturated carbocycles. The normalized spacial score (nSPS) is 11.7. The van der Waals surface area contributed by atoms with Crippen molar-refractivity contribution in [1.82, 2.24) is 25.0 Å². The fourth-order valence-electron chi connectivity index (χ4n) is 2.45. The second-order valence-electron chi connectivity index (χ2n) is 5.43. The number of halogens is 3. The number of nitrogens with zero attached hydrogens (tertiary/aromatic N) is 5. The first-order valence-corrected chi connectivity index (χ1v) is 8.41. The SMILES string of the molecule is O=C(Nc1nc(-c2ccccc2C(F)(F)F)cs1)c1ccc2nnnn2c1. The number of nitrogens with one attached hydrogen (secondary N) is 1. The number of carbonyl (C=O) groups excluding carboxylic acids is 1. The van der Waals surface area contributed by atoms with Gasteiger partial charge in [0.25, 0.3) is 5.91 Å². The van der Waals surface area contributed by atoms with Crippen molar-refractivity contribution in [2.24, 2.45) is 0 Å². The molecule has 136 valence electrons. The highest BCUT2D eigenvalue weighted by Crippen LogP contribution is 2.37. The van der Waals surface area contributed by atoms with Crippen LogP contribution >= 0.6 is 11.3 Å². The minimum atomic E-state index is -4.50. The van der Waals surface area contributed by atoms with E-state index < -0.39 is 17.6 Å². The predicted octanol–water partition coefficient (Wildman–Crippen LogP) is 3.52. The van der Waals surface area contributed by atoms with E-state index in [9.17, 15) is 18.0 Å². The summed E-state index contributed by atoms with van der Waals surface area (Å²) in [5, 5.41) is 15.1. The molecule has 0 bridgehead atoms. The highest BCUT2D eigenvalue weighted by Gasteiger charge is 2.33. The van der Waals surface area contributed by atoms with Crippen LogP contribution in [-0.4, -0.2) is 30.9 Å². The molecule has 0 fully saturated rings. The number of tetrazole rings is 1.